The van der Waals surface area contributed by atoms with E-state index in [2.05, 4.69) is 0 Å². The molecule has 0 saturated carbocycles. The number of hydrogen-bond donors (Lipinski definition) is 1. The van der Waals surface area contributed by atoms with Crippen molar-refractivity contribution >= 4 is 29.4 Å². The van der Waals surface area contributed by atoms with Gasteiger partial charge in [0.15, 0.2) is 0 Å². The summed E-state index contributed by atoms with van der Waals surface area (Å²) < 4.78 is 4.89. The third-order valence-corrected chi connectivity index (χ3v) is 5.26. The second kappa shape index (κ2) is 5.32. The summed E-state index contributed by atoms with van der Waals surface area (Å²) in [7, 11) is 2.75. The van der Waals surface area contributed by atoms with Gasteiger partial charge >= 0.3 is 5.97 Å². The van der Waals surface area contributed by atoms with Gasteiger partial charge in [-0.05, 0) is 12.1 Å². The van der Waals surface area contributed by atoms with Crippen molar-refractivity contribution in [3.8, 4) is 0 Å². The molecule has 3 rings (SSSR count). The quantitative estimate of drug-likeness (QED) is 0.614. The van der Waals surface area contributed by atoms with Crippen LogP contribution in [0.15, 0.2) is 24.3 Å². The highest BCUT2D eigenvalue weighted by molar-refractivity contribution is 6.30. The maximum Gasteiger partial charge on any atom is 0.368 e. The van der Waals surface area contributed by atoms with Crippen LogP contribution in [-0.4, -0.2) is 42.4 Å². The Morgan fingerprint density at radius 3 is 2.43 bits per heavy atom. The molecule has 2 heterocycles. The van der Waals surface area contributed by atoms with Crippen molar-refractivity contribution in [3.05, 3.63) is 34.9 Å². The molecule has 0 spiro atoms. The monoisotopic (exact) mass is 337 g/mol. The maximum absolute atomic E-state index is 12.6. The zero-order valence-corrected chi connectivity index (χ0v) is 13.8. The molecule has 23 heavy (non-hydrogen) atoms. The Kier molecular flexibility index (Phi) is 3.69. The summed E-state index contributed by atoms with van der Waals surface area (Å²) >= 11 is 5.92. The fourth-order valence-corrected chi connectivity index (χ4v) is 3.94. The standard InChI is InChI=1S/C16H17ClN2O4/c1-16(15(22)23-3)11-10(13(20)19(2)14(11)21)12(18-16)8-4-6-9(17)7-5-8/h4-7,10-12,18H,1-3H3/p+1/t10-,11-,12-,16-/m0/s1. The maximum atomic E-state index is 12.6. The SMILES string of the molecule is COC(=O)[C@@]1(C)[NH2+][C@@H](c2ccc(Cl)cc2)[C@H]2C(=O)N(C)C(=O)[C@H]21. The van der Waals surface area contributed by atoms with Gasteiger partial charge in [-0.1, -0.05) is 23.7 Å². The van der Waals surface area contributed by atoms with Crippen LogP contribution in [0, 0.1) is 11.8 Å². The van der Waals surface area contributed by atoms with Crippen LogP contribution in [0.1, 0.15) is 18.5 Å². The van der Waals surface area contributed by atoms with Crippen molar-refractivity contribution in [1.82, 2.24) is 4.90 Å². The van der Waals surface area contributed by atoms with E-state index in [0.29, 0.717) is 5.02 Å². The van der Waals surface area contributed by atoms with Crippen molar-refractivity contribution in [2.24, 2.45) is 11.8 Å². The number of benzene rings is 1. The summed E-state index contributed by atoms with van der Waals surface area (Å²) in [4.78, 5) is 38.5. The number of methoxy groups -OCH3 is 1. The van der Waals surface area contributed by atoms with Crippen LogP contribution in [0.5, 0.6) is 0 Å². The summed E-state index contributed by atoms with van der Waals surface area (Å²) in [6, 6.07) is 6.78. The van der Waals surface area contributed by atoms with Crippen molar-refractivity contribution in [2.75, 3.05) is 14.2 Å². The minimum atomic E-state index is -1.12. The number of ether oxygens (including phenoxy) is 1. The van der Waals surface area contributed by atoms with Gasteiger partial charge < -0.3 is 10.1 Å². The molecule has 4 atom stereocenters. The average molecular weight is 338 g/mol. The lowest BCUT2D eigenvalue weighted by molar-refractivity contribution is -0.731. The van der Waals surface area contributed by atoms with Crippen molar-refractivity contribution in [1.29, 1.82) is 0 Å². The van der Waals surface area contributed by atoms with Crippen LogP contribution in [0.2, 0.25) is 5.02 Å². The Balaban J connectivity index is 2.09. The number of nitrogens with two attached hydrogens (primary N) is 1. The smallest absolute Gasteiger partial charge is 0.368 e. The first kappa shape index (κ1) is 16.0. The van der Waals surface area contributed by atoms with E-state index in [1.54, 1.807) is 24.4 Å². The molecule has 2 N–H and O–H groups in total. The van der Waals surface area contributed by atoms with Gasteiger partial charge in [-0.3, -0.25) is 14.5 Å². The lowest BCUT2D eigenvalue weighted by Gasteiger charge is -2.24. The van der Waals surface area contributed by atoms with Crippen LogP contribution in [0.4, 0.5) is 0 Å². The van der Waals surface area contributed by atoms with E-state index in [1.165, 1.54) is 14.2 Å². The second-order valence-electron chi connectivity index (χ2n) is 6.26. The molecule has 2 aliphatic rings. The van der Waals surface area contributed by atoms with Gasteiger partial charge in [-0.15, -0.1) is 0 Å². The number of likely N-dealkylation sites (tertiary alicyclic amines) is 1. The Morgan fingerprint density at radius 1 is 1.26 bits per heavy atom. The van der Waals surface area contributed by atoms with Gasteiger partial charge in [0.25, 0.3) is 0 Å². The molecular formula is C16H18ClN2O4+. The van der Waals surface area contributed by atoms with Crippen LogP contribution >= 0.6 is 11.6 Å². The van der Waals surface area contributed by atoms with Crippen LogP contribution in [0.3, 0.4) is 0 Å². The molecule has 1 aromatic rings. The zero-order valence-electron chi connectivity index (χ0n) is 13.1. The van der Waals surface area contributed by atoms with Gasteiger partial charge in [0.2, 0.25) is 17.4 Å². The third kappa shape index (κ3) is 2.16. The van der Waals surface area contributed by atoms with E-state index in [4.69, 9.17) is 16.3 Å². The predicted molar refractivity (Wildman–Crippen MR) is 81.3 cm³/mol. The van der Waals surface area contributed by atoms with Gasteiger partial charge in [0.05, 0.1) is 7.11 Å². The van der Waals surface area contributed by atoms with Crippen LogP contribution in [0.25, 0.3) is 0 Å². The zero-order chi connectivity index (χ0) is 16.9. The van der Waals surface area contributed by atoms with Crippen molar-refractivity contribution in [2.45, 2.75) is 18.5 Å². The highest BCUT2D eigenvalue weighted by Gasteiger charge is 2.70. The third-order valence-electron chi connectivity index (χ3n) is 5.01. The number of carbonyl (C=O) groups excluding carboxylic acids is 3. The average Bonchev–Trinajstić information content (AvgIpc) is 2.97. The lowest BCUT2D eigenvalue weighted by atomic mass is 9.80. The minimum absolute atomic E-state index is 0.260. The van der Waals surface area contributed by atoms with E-state index >= 15 is 0 Å². The van der Waals surface area contributed by atoms with Crippen LogP contribution < -0.4 is 5.32 Å². The number of hydrogen-bond acceptors (Lipinski definition) is 4. The molecule has 1 aromatic carbocycles. The Bertz CT molecular complexity index is 690. The van der Waals surface area contributed by atoms with Gasteiger partial charge in [0, 0.05) is 24.6 Å². The minimum Gasteiger partial charge on any atom is -0.464 e. The molecule has 0 radical (unpaired) electrons. The topological polar surface area (TPSA) is 80.3 Å². The number of fused-ring (bicyclic) bond motifs is 1. The molecule has 0 unspecified atom stereocenters. The molecule has 7 heteroatoms. The number of carbonyl (C=O) groups is 3. The summed E-state index contributed by atoms with van der Waals surface area (Å²) in [5.74, 6) is -2.41. The second-order valence-corrected chi connectivity index (χ2v) is 6.69. The number of rotatable bonds is 2. The molecule has 0 aliphatic carbocycles. The predicted octanol–water partition coefficient (Wildman–Crippen LogP) is 0.121. The highest BCUT2D eigenvalue weighted by Crippen LogP contribution is 2.43. The number of nitrogens with zero attached hydrogens (tertiary/aromatic N) is 1. The first-order valence-electron chi connectivity index (χ1n) is 7.32. The molecule has 122 valence electrons. The number of halogens is 1. The molecule has 2 aliphatic heterocycles. The highest BCUT2D eigenvalue weighted by atomic mass is 35.5. The summed E-state index contributed by atoms with van der Waals surface area (Å²) in [6.07, 6.45) is 0. The largest absolute Gasteiger partial charge is 0.464 e. The fourth-order valence-electron chi connectivity index (χ4n) is 3.81. The molecular weight excluding hydrogens is 320 g/mol. The number of quaternary nitrogens is 1. The number of imide groups is 1. The summed E-state index contributed by atoms with van der Waals surface area (Å²) in [6.45, 7) is 1.66. The Morgan fingerprint density at radius 2 is 1.87 bits per heavy atom. The van der Waals surface area contributed by atoms with Crippen LogP contribution in [-0.2, 0) is 19.1 Å². The molecule has 0 aromatic heterocycles. The van der Waals surface area contributed by atoms with Gasteiger partial charge in [-0.2, -0.15) is 0 Å². The molecule has 6 nitrogen and oxygen atoms in total. The van der Waals surface area contributed by atoms with Gasteiger partial charge in [-0.25, -0.2) is 4.79 Å². The first-order chi connectivity index (χ1) is 10.8. The van der Waals surface area contributed by atoms with E-state index in [0.717, 1.165) is 10.5 Å². The molecule has 2 fully saturated rings. The first-order valence-corrected chi connectivity index (χ1v) is 7.70. The van der Waals surface area contributed by atoms with E-state index in [1.807, 2.05) is 12.1 Å². The molecule has 0 bridgehead atoms. The van der Waals surface area contributed by atoms with E-state index in [-0.39, 0.29) is 17.9 Å². The molecule has 2 saturated heterocycles. The lowest BCUT2D eigenvalue weighted by Crippen LogP contribution is -2.97. The van der Waals surface area contributed by atoms with Crippen molar-refractivity contribution in [3.63, 3.8) is 0 Å². The number of amides is 2. The Labute approximate surface area is 138 Å². The summed E-state index contributed by atoms with van der Waals surface area (Å²) in [5.41, 5.74) is -0.269. The van der Waals surface area contributed by atoms with Crippen molar-refractivity contribution < 1.29 is 24.4 Å². The summed E-state index contributed by atoms with van der Waals surface area (Å²) in [5, 5.41) is 2.37. The molecule has 2 amide bonds. The van der Waals surface area contributed by atoms with Gasteiger partial charge in [0.1, 0.15) is 17.9 Å². The fraction of sp³-hybridized carbons (Fsp3) is 0.438. The van der Waals surface area contributed by atoms with E-state index in [9.17, 15) is 14.4 Å². The Hall–Kier alpha value is -1.92. The van der Waals surface area contributed by atoms with E-state index < -0.39 is 23.3 Å². The number of esters is 1. The normalized spacial score (nSPS) is 33.0.